The van der Waals surface area contributed by atoms with Gasteiger partial charge >= 0.3 is 0 Å². The molecule has 0 bridgehead atoms. The maximum Gasteiger partial charge on any atom is 0.0624 e. The molecule has 4 nitrogen and oxygen atoms in total. The fourth-order valence-corrected chi connectivity index (χ4v) is 3.31. The summed E-state index contributed by atoms with van der Waals surface area (Å²) in [6.45, 7) is 11.5. The predicted octanol–water partition coefficient (Wildman–Crippen LogP) is 0.800. The first-order chi connectivity index (χ1) is 8.74. The fourth-order valence-electron chi connectivity index (χ4n) is 3.31. The maximum atomic E-state index is 9.98. The van der Waals surface area contributed by atoms with E-state index in [0.29, 0.717) is 12.0 Å². The second-order valence-electron chi connectivity index (χ2n) is 5.61. The van der Waals surface area contributed by atoms with Crippen molar-refractivity contribution in [3.63, 3.8) is 0 Å². The highest BCUT2D eigenvalue weighted by atomic mass is 16.5. The zero-order valence-corrected chi connectivity index (χ0v) is 11.8. The topological polar surface area (TPSA) is 35.9 Å². The van der Waals surface area contributed by atoms with Crippen LogP contribution in [0, 0.1) is 5.92 Å². The summed E-state index contributed by atoms with van der Waals surface area (Å²) < 4.78 is 5.48. The first-order valence-electron chi connectivity index (χ1n) is 7.46. The van der Waals surface area contributed by atoms with Gasteiger partial charge in [-0.3, -0.25) is 4.90 Å². The molecule has 0 saturated carbocycles. The number of likely N-dealkylation sites (tertiary alicyclic amines) is 1. The molecule has 0 spiro atoms. The Bertz CT molecular complexity index is 246. The summed E-state index contributed by atoms with van der Waals surface area (Å²) in [4.78, 5) is 5.05. The second kappa shape index (κ2) is 6.85. The standard InChI is InChI=1S/C14H28N2O2/c1-3-16(4-2)13-5-7-15(10-13)9-12-11-18-8-6-14(12)17/h12-14,17H,3-11H2,1-2H3. The van der Waals surface area contributed by atoms with Crippen molar-refractivity contribution in [3.8, 4) is 0 Å². The van der Waals surface area contributed by atoms with Crippen LogP contribution < -0.4 is 0 Å². The number of hydrogen-bond acceptors (Lipinski definition) is 4. The van der Waals surface area contributed by atoms with Gasteiger partial charge in [-0.05, 0) is 32.5 Å². The molecule has 0 aromatic heterocycles. The minimum atomic E-state index is -0.161. The average molecular weight is 256 g/mol. The lowest BCUT2D eigenvalue weighted by atomic mass is 9.98. The summed E-state index contributed by atoms with van der Waals surface area (Å²) in [5.41, 5.74) is 0. The molecule has 18 heavy (non-hydrogen) atoms. The molecule has 0 aromatic carbocycles. The number of aliphatic hydroxyl groups excluding tert-OH is 1. The summed E-state index contributed by atoms with van der Waals surface area (Å²) in [6.07, 6.45) is 1.91. The number of nitrogens with zero attached hydrogens (tertiary/aromatic N) is 2. The molecule has 0 aliphatic carbocycles. The summed E-state index contributed by atoms with van der Waals surface area (Å²) in [6, 6.07) is 0.710. The van der Waals surface area contributed by atoms with Crippen LogP contribution in [-0.4, -0.2) is 73.0 Å². The molecule has 2 heterocycles. The van der Waals surface area contributed by atoms with E-state index >= 15 is 0 Å². The average Bonchev–Trinajstić information content (AvgIpc) is 2.82. The number of rotatable bonds is 5. The second-order valence-corrected chi connectivity index (χ2v) is 5.61. The largest absolute Gasteiger partial charge is 0.393 e. The van der Waals surface area contributed by atoms with Gasteiger partial charge in [0.2, 0.25) is 0 Å². The molecule has 2 aliphatic rings. The van der Waals surface area contributed by atoms with Gasteiger partial charge in [-0.2, -0.15) is 0 Å². The van der Waals surface area contributed by atoms with E-state index in [4.69, 9.17) is 4.74 Å². The molecular weight excluding hydrogens is 228 g/mol. The fraction of sp³-hybridized carbons (Fsp3) is 1.00. The molecule has 3 atom stereocenters. The van der Waals surface area contributed by atoms with Gasteiger partial charge in [0.1, 0.15) is 0 Å². The third-order valence-electron chi connectivity index (χ3n) is 4.50. The van der Waals surface area contributed by atoms with Crippen LogP contribution >= 0.6 is 0 Å². The highest BCUT2D eigenvalue weighted by Gasteiger charge is 2.31. The SMILES string of the molecule is CCN(CC)C1CCN(CC2COCCC2O)C1. The zero-order chi connectivity index (χ0) is 13.0. The van der Waals surface area contributed by atoms with E-state index in [2.05, 4.69) is 23.6 Å². The highest BCUT2D eigenvalue weighted by Crippen LogP contribution is 2.21. The van der Waals surface area contributed by atoms with Crippen molar-refractivity contribution in [2.24, 2.45) is 5.92 Å². The summed E-state index contributed by atoms with van der Waals surface area (Å²) >= 11 is 0. The van der Waals surface area contributed by atoms with Crippen molar-refractivity contribution in [2.75, 3.05) is 45.9 Å². The third-order valence-corrected chi connectivity index (χ3v) is 4.50. The quantitative estimate of drug-likeness (QED) is 0.789. The Morgan fingerprint density at radius 3 is 2.72 bits per heavy atom. The van der Waals surface area contributed by atoms with Gasteiger partial charge in [0, 0.05) is 31.7 Å². The molecule has 0 aromatic rings. The first kappa shape index (κ1) is 14.3. The molecule has 106 valence electrons. The maximum absolute atomic E-state index is 9.98. The van der Waals surface area contributed by atoms with Crippen LogP contribution in [0.15, 0.2) is 0 Å². The van der Waals surface area contributed by atoms with Gasteiger partial charge in [0.15, 0.2) is 0 Å². The zero-order valence-electron chi connectivity index (χ0n) is 11.8. The van der Waals surface area contributed by atoms with Gasteiger partial charge in [0.25, 0.3) is 0 Å². The van der Waals surface area contributed by atoms with Crippen molar-refractivity contribution in [1.82, 2.24) is 9.80 Å². The van der Waals surface area contributed by atoms with Gasteiger partial charge < -0.3 is 14.7 Å². The Labute approximate surface area is 111 Å². The molecule has 1 N–H and O–H groups in total. The molecule has 2 fully saturated rings. The van der Waals surface area contributed by atoms with E-state index in [1.54, 1.807) is 0 Å². The highest BCUT2D eigenvalue weighted by molar-refractivity contribution is 4.85. The Kier molecular flexibility index (Phi) is 5.42. The lowest BCUT2D eigenvalue weighted by Crippen LogP contribution is -2.42. The van der Waals surface area contributed by atoms with Crippen LogP contribution in [0.25, 0.3) is 0 Å². The van der Waals surface area contributed by atoms with E-state index in [1.165, 1.54) is 13.0 Å². The van der Waals surface area contributed by atoms with E-state index in [-0.39, 0.29) is 6.10 Å². The normalized spacial score (nSPS) is 34.3. The van der Waals surface area contributed by atoms with Gasteiger partial charge in [-0.15, -0.1) is 0 Å². The van der Waals surface area contributed by atoms with Crippen LogP contribution in [0.5, 0.6) is 0 Å². The summed E-state index contributed by atoms with van der Waals surface area (Å²) in [5, 5.41) is 9.98. The van der Waals surface area contributed by atoms with E-state index in [0.717, 1.165) is 45.8 Å². The molecule has 4 heteroatoms. The molecule has 2 aliphatic heterocycles. The molecule has 2 saturated heterocycles. The Balaban J connectivity index is 1.78. The lowest BCUT2D eigenvalue weighted by molar-refractivity contribution is -0.0451. The van der Waals surface area contributed by atoms with Crippen LogP contribution in [-0.2, 0) is 4.74 Å². The minimum Gasteiger partial charge on any atom is -0.393 e. The Hall–Kier alpha value is -0.160. The van der Waals surface area contributed by atoms with Crippen LogP contribution in [0.3, 0.4) is 0 Å². The molecular formula is C14H28N2O2. The molecule has 3 unspecified atom stereocenters. The van der Waals surface area contributed by atoms with E-state index in [1.807, 2.05) is 0 Å². The van der Waals surface area contributed by atoms with Crippen LogP contribution in [0.2, 0.25) is 0 Å². The van der Waals surface area contributed by atoms with E-state index in [9.17, 15) is 5.11 Å². The first-order valence-corrected chi connectivity index (χ1v) is 7.46. The molecule has 2 rings (SSSR count). The van der Waals surface area contributed by atoms with Gasteiger partial charge in [0.05, 0.1) is 12.7 Å². The van der Waals surface area contributed by atoms with Crippen molar-refractivity contribution >= 4 is 0 Å². The summed E-state index contributed by atoms with van der Waals surface area (Å²) in [5.74, 6) is 0.314. The Morgan fingerprint density at radius 2 is 2.06 bits per heavy atom. The van der Waals surface area contributed by atoms with Gasteiger partial charge in [-0.1, -0.05) is 13.8 Å². The van der Waals surface area contributed by atoms with Crippen molar-refractivity contribution in [2.45, 2.75) is 38.8 Å². The number of ether oxygens (including phenoxy) is 1. The monoisotopic (exact) mass is 256 g/mol. The predicted molar refractivity (Wildman–Crippen MR) is 72.7 cm³/mol. The summed E-state index contributed by atoms with van der Waals surface area (Å²) in [7, 11) is 0. The van der Waals surface area contributed by atoms with Crippen molar-refractivity contribution in [1.29, 1.82) is 0 Å². The lowest BCUT2D eigenvalue weighted by Gasteiger charge is -2.32. The van der Waals surface area contributed by atoms with E-state index < -0.39 is 0 Å². The smallest absolute Gasteiger partial charge is 0.0624 e. The Morgan fingerprint density at radius 1 is 1.28 bits per heavy atom. The molecule has 0 amide bonds. The minimum absolute atomic E-state index is 0.161. The molecule has 0 radical (unpaired) electrons. The van der Waals surface area contributed by atoms with Crippen LogP contribution in [0.4, 0.5) is 0 Å². The number of aliphatic hydroxyl groups is 1. The van der Waals surface area contributed by atoms with Crippen LogP contribution in [0.1, 0.15) is 26.7 Å². The number of likely N-dealkylation sites (N-methyl/N-ethyl adjacent to an activating group) is 1. The van der Waals surface area contributed by atoms with Crippen molar-refractivity contribution in [3.05, 3.63) is 0 Å². The van der Waals surface area contributed by atoms with Crippen molar-refractivity contribution < 1.29 is 9.84 Å². The number of hydrogen-bond donors (Lipinski definition) is 1. The third kappa shape index (κ3) is 3.44. The van der Waals surface area contributed by atoms with Gasteiger partial charge in [-0.25, -0.2) is 0 Å².